The van der Waals surface area contributed by atoms with Crippen LogP contribution in [0.5, 0.6) is 0 Å². The molecule has 3 rings (SSSR count). The lowest BCUT2D eigenvalue weighted by atomic mass is 10.1. The minimum atomic E-state index is 0.606. The smallest absolute Gasteiger partial charge is 0.0484 e. The van der Waals surface area contributed by atoms with Gasteiger partial charge in [0.25, 0.3) is 0 Å². The highest BCUT2D eigenvalue weighted by Gasteiger charge is 2.16. The maximum absolute atomic E-state index is 5.74. The Balaban J connectivity index is 1.85. The van der Waals surface area contributed by atoms with Gasteiger partial charge in [-0.05, 0) is 24.2 Å². The molecule has 0 amide bonds. The third-order valence-electron chi connectivity index (χ3n) is 4.36. The van der Waals surface area contributed by atoms with Crippen LogP contribution in [0.25, 0.3) is 10.9 Å². The summed E-state index contributed by atoms with van der Waals surface area (Å²) in [5, 5.41) is 1.36. The van der Waals surface area contributed by atoms with E-state index in [-0.39, 0.29) is 0 Å². The largest absolute Gasteiger partial charge is 0.350 e. The molecule has 0 aliphatic carbocycles. The molecule has 0 atom stereocenters. The molecule has 1 aromatic heterocycles. The molecule has 0 radical (unpaired) electrons. The van der Waals surface area contributed by atoms with Crippen LogP contribution in [0.4, 0.5) is 0 Å². The van der Waals surface area contributed by atoms with Gasteiger partial charge in [-0.1, -0.05) is 12.1 Å². The Bertz CT molecular complexity index is 594. The van der Waals surface area contributed by atoms with Crippen molar-refractivity contribution in [2.45, 2.75) is 13.1 Å². The van der Waals surface area contributed by atoms with Crippen molar-refractivity contribution in [3.63, 3.8) is 0 Å². The van der Waals surface area contributed by atoms with Crippen LogP contribution < -0.4 is 5.73 Å². The normalized spacial score (nSPS) is 17.9. The zero-order chi connectivity index (χ0) is 14.1. The molecule has 4 heteroatoms. The van der Waals surface area contributed by atoms with Gasteiger partial charge < -0.3 is 15.2 Å². The molecule has 108 valence electrons. The highest BCUT2D eigenvalue weighted by atomic mass is 15.2. The first-order valence-electron chi connectivity index (χ1n) is 7.35. The van der Waals surface area contributed by atoms with E-state index in [1.807, 2.05) is 0 Å². The molecule has 4 nitrogen and oxygen atoms in total. The van der Waals surface area contributed by atoms with Gasteiger partial charge in [0.05, 0.1) is 0 Å². The predicted molar refractivity (Wildman–Crippen MR) is 83.6 cm³/mol. The Morgan fingerprint density at radius 1 is 1.10 bits per heavy atom. The van der Waals surface area contributed by atoms with Gasteiger partial charge in [0.15, 0.2) is 0 Å². The Hall–Kier alpha value is -1.36. The number of aromatic nitrogens is 1. The summed E-state index contributed by atoms with van der Waals surface area (Å²) in [6.07, 6.45) is 2.27. The molecule has 0 saturated carbocycles. The molecule has 1 aromatic carbocycles. The summed E-state index contributed by atoms with van der Waals surface area (Å²) >= 11 is 0. The maximum atomic E-state index is 5.74. The number of piperazine rings is 1. The fraction of sp³-hybridized carbons (Fsp3) is 0.500. The molecule has 1 fully saturated rings. The first-order chi connectivity index (χ1) is 9.67. The van der Waals surface area contributed by atoms with E-state index in [1.165, 1.54) is 35.1 Å². The zero-order valence-corrected chi connectivity index (χ0v) is 12.5. The van der Waals surface area contributed by atoms with E-state index < -0.39 is 0 Å². The van der Waals surface area contributed by atoms with Crippen molar-refractivity contribution in [1.82, 2.24) is 14.4 Å². The predicted octanol–water partition coefficient (Wildman–Crippen LogP) is 1.38. The van der Waals surface area contributed by atoms with E-state index in [1.54, 1.807) is 0 Å². The molecule has 20 heavy (non-hydrogen) atoms. The minimum Gasteiger partial charge on any atom is -0.350 e. The number of benzene rings is 1. The van der Waals surface area contributed by atoms with Crippen molar-refractivity contribution in [3.8, 4) is 0 Å². The Morgan fingerprint density at radius 3 is 2.55 bits per heavy atom. The summed E-state index contributed by atoms with van der Waals surface area (Å²) in [4.78, 5) is 4.94. The van der Waals surface area contributed by atoms with Gasteiger partial charge in [0, 0.05) is 63.4 Å². The Labute approximate surface area is 120 Å². The van der Waals surface area contributed by atoms with Gasteiger partial charge in [0.1, 0.15) is 0 Å². The molecule has 0 spiro atoms. The number of nitrogens with two attached hydrogens (primary N) is 1. The third-order valence-corrected chi connectivity index (χ3v) is 4.36. The second-order valence-electron chi connectivity index (χ2n) is 5.90. The van der Waals surface area contributed by atoms with Gasteiger partial charge in [-0.2, -0.15) is 0 Å². The molecular formula is C16H24N4. The second-order valence-corrected chi connectivity index (χ2v) is 5.90. The average molecular weight is 272 g/mol. The van der Waals surface area contributed by atoms with Gasteiger partial charge in [-0.15, -0.1) is 0 Å². The van der Waals surface area contributed by atoms with E-state index in [0.29, 0.717) is 6.54 Å². The molecule has 2 heterocycles. The lowest BCUT2D eigenvalue weighted by Crippen LogP contribution is -2.43. The number of rotatable bonds is 3. The van der Waals surface area contributed by atoms with Crippen molar-refractivity contribution in [2.24, 2.45) is 12.8 Å². The first-order valence-corrected chi connectivity index (χ1v) is 7.35. The molecule has 0 bridgehead atoms. The molecule has 2 N–H and O–H groups in total. The summed E-state index contributed by atoms with van der Waals surface area (Å²) in [6.45, 7) is 6.31. The third kappa shape index (κ3) is 2.59. The number of fused-ring (bicyclic) bond motifs is 1. The summed E-state index contributed by atoms with van der Waals surface area (Å²) < 4.78 is 2.22. The monoisotopic (exact) mass is 272 g/mol. The Kier molecular flexibility index (Phi) is 3.78. The topological polar surface area (TPSA) is 37.4 Å². The number of hydrogen-bond donors (Lipinski definition) is 1. The lowest BCUT2D eigenvalue weighted by molar-refractivity contribution is 0.148. The number of aryl methyl sites for hydroxylation is 1. The van der Waals surface area contributed by atoms with Crippen molar-refractivity contribution in [1.29, 1.82) is 0 Å². The maximum Gasteiger partial charge on any atom is 0.0484 e. The van der Waals surface area contributed by atoms with Crippen molar-refractivity contribution in [3.05, 3.63) is 35.5 Å². The van der Waals surface area contributed by atoms with Crippen molar-refractivity contribution in [2.75, 3.05) is 33.2 Å². The molecule has 2 aromatic rings. The van der Waals surface area contributed by atoms with Crippen molar-refractivity contribution >= 4 is 10.9 Å². The fourth-order valence-corrected chi connectivity index (χ4v) is 3.01. The van der Waals surface area contributed by atoms with Gasteiger partial charge in [0.2, 0.25) is 0 Å². The van der Waals surface area contributed by atoms with Crippen LogP contribution in [-0.4, -0.2) is 47.6 Å². The van der Waals surface area contributed by atoms with Gasteiger partial charge >= 0.3 is 0 Å². The second kappa shape index (κ2) is 5.56. The number of likely N-dealkylation sites (N-methyl/N-ethyl adjacent to an activating group) is 1. The Morgan fingerprint density at radius 2 is 1.85 bits per heavy atom. The van der Waals surface area contributed by atoms with Gasteiger partial charge in [-0.3, -0.25) is 4.90 Å². The molecule has 1 aliphatic heterocycles. The zero-order valence-electron chi connectivity index (χ0n) is 12.5. The molecule has 1 aliphatic rings. The summed E-state index contributed by atoms with van der Waals surface area (Å²) in [5.74, 6) is 0. The standard InChI is InChI=1S/C16H24N4/c1-18-5-7-20(8-6-18)12-14-11-19(2)16-9-13(10-17)3-4-15(14)16/h3-4,9,11H,5-8,10,12,17H2,1-2H3. The highest BCUT2D eigenvalue weighted by molar-refractivity contribution is 5.84. The van der Waals surface area contributed by atoms with E-state index in [9.17, 15) is 0 Å². The summed E-state index contributed by atoms with van der Waals surface area (Å²) in [6, 6.07) is 6.58. The number of hydrogen-bond acceptors (Lipinski definition) is 3. The molecule has 0 unspecified atom stereocenters. The molecule has 1 saturated heterocycles. The number of nitrogens with zero attached hydrogens (tertiary/aromatic N) is 3. The van der Waals surface area contributed by atoms with Crippen LogP contribution in [0.3, 0.4) is 0 Å². The SMILES string of the molecule is CN1CCN(Cc2cn(C)c3cc(CN)ccc23)CC1. The van der Waals surface area contributed by atoms with Crippen LogP contribution in [0.2, 0.25) is 0 Å². The van der Waals surface area contributed by atoms with Crippen LogP contribution in [-0.2, 0) is 20.1 Å². The van der Waals surface area contributed by atoms with E-state index >= 15 is 0 Å². The van der Waals surface area contributed by atoms with Gasteiger partial charge in [-0.25, -0.2) is 0 Å². The van der Waals surface area contributed by atoms with Crippen molar-refractivity contribution < 1.29 is 0 Å². The summed E-state index contributed by atoms with van der Waals surface area (Å²) in [7, 11) is 4.32. The highest BCUT2D eigenvalue weighted by Crippen LogP contribution is 2.23. The molecular weight excluding hydrogens is 248 g/mol. The van der Waals surface area contributed by atoms with E-state index in [4.69, 9.17) is 5.73 Å². The van der Waals surface area contributed by atoms with Crippen LogP contribution in [0.1, 0.15) is 11.1 Å². The fourth-order valence-electron chi connectivity index (χ4n) is 3.01. The summed E-state index contributed by atoms with van der Waals surface area (Å²) in [5.41, 5.74) is 9.65. The minimum absolute atomic E-state index is 0.606. The van der Waals surface area contributed by atoms with E-state index in [0.717, 1.165) is 19.6 Å². The quantitative estimate of drug-likeness (QED) is 0.917. The van der Waals surface area contributed by atoms with Crippen LogP contribution in [0, 0.1) is 0 Å². The van der Waals surface area contributed by atoms with E-state index in [2.05, 4.69) is 52.9 Å². The lowest BCUT2D eigenvalue weighted by Gasteiger charge is -2.32. The van der Waals surface area contributed by atoms with Crippen LogP contribution >= 0.6 is 0 Å². The van der Waals surface area contributed by atoms with Crippen LogP contribution in [0.15, 0.2) is 24.4 Å². The average Bonchev–Trinajstić information content (AvgIpc) is 2.77. The first kappa shape index (κ1) is 13.6.